The Morgan fingerprint density at radius 1 is 1.16 bits per heavy atom. The molecule has 0 bridgehead atoms. The minimum absolute atomic E-state index is 0.463. The number of hydrogen-bond donors (Lipinski definition) is 6. The van der Waals surface area contributed by atoms with Crippen molar-refractivity contribution in [2.24, 2.45) is 5.92 Å². The number of aromatic nitrogens is 2. The predicted molar refractivity (Wildman–Crippen MR) is 102 cm³/mol. The van der Waals surface area contributed by atoms with Crippen molar-refractivity contribution in [3.05, 3.63) is 33.1 Å². The molecule has 1 aromatic heterocycles. The van der Waals surface area contributed by atoms with Crippen LogP contribution >= 0.6 is 35.1 Å². The largest absolute Gasteiger partial charge is 0.490 e. The van der Waals surface area contributed by atoms with Gasteiger partial charge >= 0.3 is 29.2 Å². The van der Waals surface area contributed by atoms with Crippen LogP contribution in [0.15, 0.2) is 21.9 Å². The zero-order chi connectivity index (χ0) is 24.1. The quantitative estimate of drug-likeness (QED) is 0.171. The average Bonchev–Trinajstić information content (AvgIpc) is 3.41. The van der Waals surface area contributed by atoms with Gasteiger partial charge in [0, 0.05) is 12.3 Å². The summed E-state index contributed by atoms with van der Waals surface area (Å²) < 4.78 is 52.8. The summed E-state index contributed by atoms with van der Waals surface area (Å²) in [7, 11) is -16.8. The molecule has 2 heterocycles. The van der Waals surface area contributed by atoms with Gasteiger partial charge in [-0.1, -0.05) is 0 Å². The Kier molecular flexibility index (Phi) is 7.14. The number of nitrogens with zero attached hydrogens (tertiary/aromatic N) is 1. The number of rotatable bonds is 9. The lowest BCUT2D eigenvalue weighted by Gasteiger charge is -2.32. The molecule has 0 amide bonds. The van der Waals surface area contributed by atoms with Crippen LogP contribution in [0, 0.1) is 5.92 Å². The fourth-order valence-electron chi connectivity index (χ4n) is 3.26. The van der Waals surface area contributed by atoms with Crippen molar-refractivity contribution in [1.29, 1.82) is 0 Å². The molecular weight excluding hydrogens is 525 g/mol. The first kappa shape index (κ1) is 25.9. The number of alkyl halides is 1. The fraction of sp³-hybridized carbons (Fsp3) is 0.667. The molecular formula is C12H18ClN2O14P3. The van der Waals surface area contributed by atoms with Gasteiger partial charge in [-0.15, -0.1) is 11.6 Å². The molecule has 6 atom stereocenters. The number of aliphatic hydroxyl groups excluding tert-OH is 1. The van der Waals surface area contributed by atoms with Crippen molar-refractivity contribution in [2.75, 3.05) is 6.61 Å². The van der Waals surface area contributed by atoms with Gasteiger partial charge < -0.3 is 29.4 Å². The Morgan fingerprint density at radius 3 is 2.31 bits per heavy atom. The number of H-pyrrole nitrogens is 1. The Morgan fingerprint density at radius 2 is 1.78 bits per heavy atom. The lowest BCUT2D eigenvalue weighted by molar-refractivity contribution is -0.139. The standard InChI is InChI=1S/C12H18ClN2O14P3/c13-8-9(17)12(6-1-2-6,27-10(8)15-4-3-7(16)14-11(15)18)5-26-31(22,23)29-32(24,25)28-30(19,20)21/h3-4,6,8-10,17H,1-2,5H2,(H,22,23)(H,24,25)(H,14,16,18)(H2,19,20,21)/t8-,9+,10-,12+/m1/s1. The third kappa shape index (κ3) is 5.86. The third-order valence-corrected chi connectivity index (χ3v) is 8.91. The summed E-state index contributed by atoms with van der Waals surface area (Å²) in [6.07, 6.45) is -0.908. The molecule has 1 saturated carbocycles. The molecule has 6 N–H and O–H groups in total. The number of nitrogens with one attached hydrogen (secondary N) is 1. The molecule has 3 rings (SSSR count). The van der Waals surface area contributed by atoms with Crippen LogP contribution in [0.4, 0.5) is 0 Å². The molecule has 2 unspecified atom stereocenters. The van der Waals surface area contributed by atoms with Gasteiger partial charge in [0.15, 0.2) is 6.23 Å². The van der Waals surface area contributed by atoms with Gasteiger partial charge in [-0.3, -0.25) is 18.9 Å². The van der Waals surface area contributed by atoms with E-state index < -0.39 is 70.6 Å². The maximum Gasteiger partial charge on any atom is 0.490 e. The van der Waals surface area contributed by atoms with Crippen LogP contribution < -0.4 is 11.2 Å². The molecule has 1 saturated heterocycles. The molecule has 0 spiro atoms. The molecule has 32 heavy (non-hydrogen) atoms. The molecule has 2 aliphatic rings. The highest BCUT2D eigenvalue weighted by atomic mass is 35.5. The first-order chi connectivity index (χ1) is 14.6. The van der Waals surface area contributed by atoms with E-state index in [0.29, 0.717) is 12.8 Å². The van der Waals surface area contributed by atoms with Crippen molar-refractivity contribution in [2.45, 2.75) is 36.2 Å². The van der Waals surface area contributed by atoms with E-state index in [9.17, 15) is 38.2 Å². The topological polar surface area (TPSA) is 244 Å². The molecule has 2 fully saturated rings. The number of halogens is 1. The second kappa shape index (κ2) is 8.82. The molecule has 16 nitrogen and oxygen atoms in total. The average molecular weight is 543 g/mol. The summed E-state index contributed by atoms with van der Waals surface area (Å²) in [6.45, 7) is -0.930. The summed E-state index contributed by atoms with van der Waals surface area (Å²) in [6, 6.07) is 1.00. The van der Waals surface area contributed by atoms with E-state index in [4.69, 9.17) is 26.1 Å². The van der Waals surface area contributed by atoms with E-state index in [0.717, 1.165) is 16.8 Å². The Balaban J connectivity index is 1.81. The predicted octanol–water partition coefficient (Wildman–Crippen LogP) is -0.474. The van der Waals surface area contributed by atoms with Crippen molar-refractivity contribution >= 4 is 35.1 Å². The lowest BCUT2D eigenvalue weighted by atomic mass is 9.92. The lowest BCUT2D eigenvalue weighted by Crippen LogP contribution is -2.48. The highest BCUT2D eigenvalue weighted by Gasteiger charge is 2.62. The van der Waals surface area contributed by atoms with E-state index in [1.54, 1.807) is 0 Å². The van der Waals surface area contributed by atoms with Crippen molar-refractivity contribution in [3.63, 3.8) is 0 Å². The van der Waals surface area contributed by atoms with Crippen molar-refractivity contribution in [3.8, 4) is 0 Å². The zero-order valence-electron chi connectivity index (χ0n) is 15.7. The van der Waals surface area contributed by atoms with Gasteiger partial charge in [0.25, 0.3) is 5.56 Å². The zero-order valence-corrected chi connectivity index (χ0v) is 19.1. The summed E-state index contributed by atoms with van der Waals surface area (Å²) in [5.41, 5.74) is -3.37. The monoisotopic (exact) mass is 542 g/mol. The number of hydrogen-bond acceptors (Lipinski definition) is 10. The van der Waals surface area contributed by atoms with Crippen LogP contribution in [0.5, 0.6) is 0 Å². The summed E-state index contributed by atoms with van der Waals surface area (Å²) in [5, 5.41) is 9.42. The number of phosphoric acid groups is 3. The number of aliphatic hydroxyl groups is 1. The van der Waals surface area contributed by atoms with Crippen LogP contribution in [0.25, 0.3) is 0 Å². The maximum atomic E-state index is 12.1. The molecule has 1 aliphatic carbocycles. The molecule has 0 radical (unpaired) electrons. The van der Waals surface area contributed by atoms with Gasteiger partial charge in [-0.25, -0.2) is 18.5 Å². The molecule has 1 aliphatic heterocycles. The molecule has 182 valence electrons. The Hall–Kier alpha value is -0.700. The van der Waals surface area contributed by atoms with Crippen molar-refractivity contribution < 1.29 is 56.3 Å². The highest BCUT2D eigenvalue weighted by Crippen LogP contribution is 2.67. The van der Waals surface area contributed by atoms with Crippen molar-refractivity contribution in [1.82, 2.24) is 9.55 Å². The van der Waals surface area contributed by atoms with E-state index in [2.05, 4.69) is 13.1 Å². The minimum atomic E-state index is -5.74. The Bertz CT molecular complexity index is 1130. The summed E-state index contributed by atoms with van der Waals surface area (Å²) >= 11 is 6.22. The van der Waals surface area contributed by atoms with Gasteiger partial charge in [-0.2, -0.15) is 8.62 Å². The third-order valence-electron chi connectivity index (χ3n) is 4.68. The second-order valence-electron chi connectivity index (χ2n) is 7.01. The van der Waals surface area contributed by atoms with Crippen LogP contribution in [-0.4, -0.2) is 57.9 Å². The van der Waals surface area contributed by atoms with E-state index in [1.165, 1.54) is 0 Å². The van der Waals surface area contributed by atoms with E-state index >= 15 is 0 Å². The van der Waals surface area contributed by atoms with Gasteiger partial charge in [-0.05, 0) is 18.8 Å². The van der Waals surface area contributed by atoms with Crippen LogP contribution in [0.1, 0.15) is 19.1 Å². The minimum Gasteiger partial charge on any atom is -0.388 e. The van der Waals surface area contributed by atoms with E-state index in [-0.39, 0.29) is 0 Å². The number of phosphoric ester groups is 1. The molecule has 0 aromatic carbocycles. The molecule has 1 aromatic rings. The molecule has 20 heteroatoms. The van der Waals surface area contributed by atoms with Crippen LogP contribution in [0.2, 0.25) is 0 Å². The van der Waals surface area contributed by atoms with Gasteiger partial charge in [0.05, 0.1) is 6.61 Å². The first-order valence-corrected chi connectivity index (χ1v) is 13.6. The SMILES string of the molecule is O=c1ccn([C@@H]2O[C@@](COP(=O)(O)OP(=O)(O)OP(=O)(O)O)(C3CC3)[C@@H](O)[C@H]2Cl)c(=O)[nH]1. The Labute approximate surface area is 183 Å². The number of aromatic amines is 1. The van der Waals surface area contributed by atoms with E-state index in [1.807, 2.05) is 4.98 Å². The van der Waals surface area contributed by atoms with Crippen LogP contribution in [0.3, 0.4) is 0 Å². The normalized spacial score (nSPS) is 32.4. The van der Waals surface area contributed by atoms with Gasteiger partial charge in [0.1, 0.15) is 17.1 Å². The highest BCUT2D eigenvalue weighted by molar-refractivity contribution is 7.66. The maximum absolute atomic E-state index is 12.1. The summed E-state index contributed by atoms with van der Waals surface area (Å²) in [4.78, 5) is 61.4. The van der Waals surface area contributed by atoms with Gasteiger partial charge in [0.2, 0.25) is 0 Å². The second-order valence-corrected chi connectivity index (χ2v) is 11.9. The summed E-state index contributed by atoms with van der Waals surface area (Å²) in [5.74, 6) is -0.463. The smallest absolute Gasteiger partial charge is 0.388 e. The first-order valence-electron chi connectivity index (χ1n) is 8.65. The van der Waals surface area contributed by atoms with Crippen LogP contribution in [-0.2, 0) is 31.6 Å². The fourth-order valence-corrected chi connectivity index (χ4v) is 6.70. The number of ether oxygens (including phenoxy) is 1.